The minimum atomic E-state index is -1.09. The SMILES string of the molecule is O=C(O)C=CC(=O)NCC1CCCCC1. The molecule has 0 spiro atoms. The average molecular weight is 211 g/mol. The lowest BCUT2D eigenvalue weighted by atomic mass is 9.89. The van der Waals surface area contributed by atoms with Crippen LogP contribution in [0.4, 0.5) is 0 Å². The first-order valence-corrected chi connectivity index (χ1v) is 5.37. The summed E-state index contributed by atoms with van der Waals surface area (Å²) < 4.78 is 0. The fraction of sp³-hybridized carbons (Fsp3) is 0.636. The monoisotopic (exact) mass is 211 g/mol. The van der Waals surface area contributed by atoms with Gasteiger partial charge in [0.2, 0.25) is 5.91 Å². The van der Waals surface area contributed by atoms with E-state index in [1.54, 1.807) is 0 Å². The summed E-state index contributed by atoms with van der Waals surface area (Å²) in [5.41, 5.74) is 0. The largest absolute Gasteiger partial charge is 0.478 e. The number of aliphatic carboxylic acids is 1. The van der Waals surface area contributed by atoms with E-state index in [4.69, 9.17) is 5.11 Å². The molecule has 1 fully saturated rings. The Balaban J connectivity index is 2.18. The second-order valence-electron chi connectivity index (χ2n) is 3.92. The number of rotatable bonds is 4. The van der Waals surface area contributed by atoms with Crippen LogP contribution in [0.1, 0.15) is 32.1 Å². The van der Waals surface area contributed by atoms with Crippen LogP contribution in [-0.2, 0) is 9.59 Å². The summed E-state index contributed by atoms with van der Waals surface area (Å²) >= 11 is 0. The minimum Gasteiger partial charge on any atom is -0.478 e. The maximum atomic E-state index is 11.1. The summed E-state index contributed by atoms with van der Waals surface area (Å²) in [5, 5.41) is 11.0. The Morgan fingerprint density at radius 2 is 1.87 bits per heavy atom. The molecule has 0 aromatic carbocycles. The summed E-state index contributed by atoms with van der Waals surface area (Å²) in [6.07, 6.45) is 8.04. The highest BCUT2D eigenvalue weighted by Gasteiger charge is 2.13. The molecular formula is C11H17NO3. The number of nitrogens with one attached hydrogen (secondary N) is 1. The molecule has 0 aromatic heterocycles. The normalized spacial score (nSPS) is 17.9. The second-order valence-corrected chi connectivity index (χ2v) is 3.92. The smallest absolute Gasteiger partial charge is 0.328 e. The van der Waals surface area contributed by atoms with Crippen molar-refractivity contribution < 1.29 is 14.7 Å². The van der Waals surface area contributed by atoms with Crippen molar-refractivity contribution in [2.75, 3.05) is 6.54 Å². The molecule has 0 heterocycles. The van der Waals surface area contributed by atoms with Crippen LogP contribution in [0.15, 0.2) is 12.2 Å². The lowest BCUT2D eigenvalue weighted by molar-refractivity contribution is -0.131. The van der Waals surface area contributed by atoms with Crippen LogP contribution < -0.4 is 5.32 Å². The fourth-order valence-corrected chi connectivity index (χ4v) is 1.84. The topological polar surface area (TPSA) is 66.4 Å². The standard InChI is InChI=1S/C11H17NO3/c13-10(6-7-11(14)15)12-8-9-4-2-1-3-5-9/h6-7,9H,1-5,8H2,(H,12,13)(H,14,15). The van der Waals surface area contributed by atoms with Crippen LogP contribution in [0, 0.1) is 5.92 Å². The highest BCUT2D eigenvalue weighted by molar-refractivity contribution is 5.93. The molecule has 2 N–H and O–H groups in total. The molecule has 0 bridgehead atoms. The van der Waals surface area contributed by atoms with Crippen molar-refractivity contribution in [1.29, 1.82) is 0 Å². The van der Waals surface area contributed by atoms with Gasteiger partial charge in [-0.25, -0.2) is 4.79 Å². The number of carboxylic acid groups (broad SMARTS) is 1. The number of hydrogen-bond donors (Lipinski definition) is 2. The fourth-order valence-electron chi connectivity index (χ4n) is 1.84. The Labute approximate surface area is 89.4 Å². The summed E-state index contributed by atoms with van der Waals surface area (Å²) in [6.45, 7) is 0.669. The third kappa shape index (κ3) is 5.20. The van der Waals surface area contributed by atoms with Crippen LogP contribution in [-0.4, -0.2) is 23.5 Å². The third-order valence-electron chi connectivity index (χ3n) is 2.67. The highest BCUT2D eigenvalue weighted by Crippen LogP contribution is 2.22. The summed E-state index contributed by atoms with van der Waals surface area (Å²) in [5.74, 6) is -0.841. The highest BCUT2D eigenvalue weighted by atomic mass is 16.4. The Morgan fingerprint density at radius 1 is 1.20 bits per heavy atom. The van der Waals surface area contributed by atoms with E-state index in [0.29, 0.717) is 12.5 Å². The molecule has 1 saturated carbocycles. The maximum absolute atomic E-state index is 11.1. The van der Waals surface area contributed by atoms with Crippen LogP contribution >= 0.6 is 0 Å². The Morgan fingerprint density at radius 3 is 2.47 bits per heavy atom. The Bertz CT molecular complexity index is 255. The number of carboxylic acids is 1. The van der Waals surface area contributed by atoms with Gasteiger partial charge in [0.15, 0.2) is 0 Å². The van der Waals surface area contributed by atoms with Crippen molar-refractivity contribution in [3.05, 3.63) is 12.2 Å². The van der Waals surface area contributed by atoms with E-state index in [1.807, 2.05) is 0 Å². The van der Waals surface area contributed by atoms with E-state index in [9.17, 15) is 9.59 Å². The molecule has 4 nitrogen and oxygen atoms in total. The van der Waals surface area contributed by atoms with Crippen molar-refractivity contribution in [2.45, 2.75) is 32.1 Å². The van der Waals surface area contributed by atoms with Crippen molar-refractivity contribution >= 4 is 11.9 Å². The van der Waals surface area contributed by atoms with E-state index < -0.39 is 5.97 Å². The number of carbonyl (C=O) groups is 2. The van der Waals surface area contributed by atoms with Gasteiger partial charge in [0, 0.05) is 18.7 Å². The van der Waals surface area contributed by atoms with Crippen molar-refractivity contribution in [3.63, 3.8) is 0 Å². The van der Waals surface area contributed by atoms with Crippen molar-refractivity contribution in [1.82, 2.24) is 5.32 Å². The van der Waals surface area contributed by atoms with Gasteiger partial charge in [-0.2, -0.15) is 0 Å². The van der Waals surface area contributed by atoms with E-state index in [0.717, 1.165) is 12.2 Å². The van der Waals surface area contributed by atoms with Crippen LogP contribution in [0.2, 0.25) is 0 Å². The third-order valence-corrected chi connectivity index (χ3v) is 2.67. The van der Waals surface area contributed by atoms with Crippen LogP contribution in [0.3, 0.4) is 0 Å². The lowest BCUT2D eigenvalue weighted by Crippen LogP contribution is -2.28. The van der Waals surface area contributed by atoms with Gasteiger partial charge in [-0.1, -0.05) is 19.3 Å². The molecule has 0 aromatic rings. The van der Waals surface area contributed by atoms with Gasteiger partial charge in [0.25, 0.3) is 0 Å². The molecule has 0 saturated heterocycles. The van der Waals surface area contributed by atoms with Crippen molar-refractivity contribution in [2.24, 2.45) is 5.92 Å². The molecular weight excluding hydrogens is 194 g/mol. The van der Waals surface area contributed by atoms with E-state index in [1.165, 1.54) is 32.1 Å². The molecule has 0 unspecified atom stereocenters. The summed E-state index contributed by atoms with van der Waals surface area (Å²) in [6, 6.07) is 0. The van der Waals surface area contributed by atoms with E-state index >= 15 is 0 Å². The van der Waals surface area contributed by atoms with Gasteiger partial charge >= 0.3 is 5.97 Å². The molecule has 15 heavy (non-hydrogen) atoms. The quantitative estimate of drug-likeness (QED) is 0.689. The molecule has 4 heteroatoms. The van der Waals surface area contributed by atoms with Crippen LogP contribution in [0.25, 0.3) is 0 Å². The van der Waals surface area contributed by atoms with Crippen LogP contribution in [0.5, 0.6) is 0 Å². The number of hydrogen-bond acceptors (Lipinski definition) is 2. The molecule has 1 aliphatic carbocycles. The maximum Gasteiger partial charge on any atom is 0.328 e. The van der Waals surface area contributed by atoms with Gasteiger partial charge in [0.05, 0.1) is 0 Å². The van der Waals surface area contributed by atoms with Crippen molar-refractivity contribution in [3.8, 4) is 0 Å². The zero-order chi connectivity index (χ0) is 11.1. The number of amides is 1. The van der Waals surface area contributed by atoms with Gasteiger partial charge in [-0.3, -0.25) is 4.79 Å². The predicted octanol–water partition coefficient (Wildman–Crippen LogP) is 1.32. The summed E-state index contributed by atoms with van der Waals surface area (Å²) in [7, 11) is 0. The molecule has 1 aliphatic rings. The Kier molecular flexibility index (Phi) is 4.87. The van der Waals surface area contributed by atoms with E-state index in [-0.39, 0.29) is 5.91 Å². The lowest BCUT2D eigenvalue weighted by Gasteiger charge is -2.21. The zero-order valence-corrected chi connectivity index (χ0v) is 8.74. The van der Waals surface area contributed by atoms with Gasteiger partial charge < -0.3 is 10.4 Å². The first-order valence-electron chi connectivity index (χ1n) is 5.37. The van der Waals surface area contributed by atoms with E-state index in [2.05, 4.69) is 5.32 Å². The minimum absolute atomic E-state index is 0.317. The molecule has 0 radical (unpaired) electrons. The molecule has 0 aliphatic heterocycles. The Hall–Kier alpha value is -1.32. The second kappa shape index (κ2) is 6.22. The van der Waals surface area contributed by atoms with Gasteiger partial charge in [-0.15, -0.1) is 0 Å². The first-order chi connectivity index (χ1) is 7.18. The number of carbonyl (C=O) groups excluding carboxylic acids is 1. The predicted molar refractivity (Wildman–Crippen MR) is 56.4 cm³/mol. The molecule has 1 amide bonds. The average Bonchev–Trinajstić information content (AvgIpc) is 2.25. The first kappa shape index (κ1) is 11.8. The zero-order valence-electron chi connectivity index (χ0n) is 8.74. The summed E-state index contributed by atoms with van der Waals surface area (Å²) in [4.78, 5) is 21.3. The molecule has 0 atom stereocenters. The van der Waals surface area contributed by atoms with Gasteiger partial charge in [-0.05, 0) is 18.8 Å². The molecule has 84 valence electrons. The molecule has 1 rings (SSSR count). The van der Waals surface area contributed by atoms with Gasteiger partial charge in [0.1, 0.15) is 0 Å².